The van der Waals surface area contributed by atoms with Crippen molar-refractivity contribution in [3.05, 3.63) is 95.1 Å². The molecule has 5 rings (SSSR count). The quantitative estimate of drug-likeness (QED) is 0.308. The number of morpholine rings is 1. The number of nitrogens with zero attached hydrogens (tertiary/aromatic N) is 4. The third-order valence-corrected chi connectivity index (χ3v) is 6.46. The summed E-state index contributed by atoms with van der Waals surface area (Å²) in [6, 6.07) is 18.9. The Labute approximate surface area is 239 Å². The van der Waals surface area contributed by atoms with Crippen molar-refractivity contribution in [1.29, 1.82) is 0 Å². The fourth-order valence-corrected chi connectivity index (χ4v) is 4.41. The van der Waals surface area contributed by atoms with Gasteiger partial charge in [-0.2, -0.15) is 9.67 Å². The van der Waals surface area contributed by atoms with Gasteiger partial charge in [0.15, 0.2) is 0 Å². The van der Waals surface area contributed by atoms with E-state index in [4.69, 9.17) is 4.74 Å². The predicted octanol–water partition coefficient (Wildman–Crippen LogP) is 4.81. The van der Waals surface area contributed by atoms with Crippen LogP contribution in [0.5, 0.6) is 5.75 Å². The van der Waals surface area contributed by atoms with Crippen LogP contribution in [-0.4, -0.2) is 64.1 Å². The lowest BCUT2D eigenvalue weighted by molar-refractivity contribution is -0.274. The molecule has 1 aliphatic heterocycles. The van der Waals surface area contributed by atoms with Gasteiger partial charge in [0.1, 0.15) is 5.75 Å². The number of hydrogen-bond acceptors (Lipinski definition) is 7. The van der Waals surface area contributed by atoms with Gasteiger partial charge in [0, 0.05) is 30.8 Å². The maximum absolute atomic E-state index is 13.1. The molecule has 1 aliphatic rings. The molecule has 1 saturated heterocycles. The summed E-state index contributed by atoms with van der Waals surface area (Å²) < 4.78 is 48.4. The first-order valence-corrected chi connectivity index (χ1v) is 13.1. The minimum Gasteiger partial charge on any atom is -0.406 e. The van der Waals surface area contributed by atoms with Gasteiger partial charge in [-0.3, -0.25) is 25.1 Å². The van der Waals surface area contributed by atoms with E-state index in [0.717, 1.165) is 36.3 Å². The van der Waals surface area contributed by atoms with E-state index in [1.54, 1.807) is 49.4 Å². The first-order valence-electron chi connectivity index (χ1n) is 13.1. The molecule has 0 spiro atoms. The highest BCUT2D eigenvalue weighted by molar-refractivity contribution is 6.05. The van der Waals surface area contributed by atoms with Crippen molar-refractivity contribution in [3.8, 4) is 11.4 Å². The van der Waals surface area contributed by atoms with Crippen LogP contribution in [0.15, 0.2) is 72.8 Å². The van der Waals surface area contributed by atoms with Gasteiger partial charge in [-0.25, -0.2) is 0 Å². The largest absolute Gasteiger partial charge is 0.573 e. The van der Waals surface area contributed by atoms with E-state index in [9.17, 15) is 22.8 Å². The summed E-state index contributed by atoms with van der Waals surface area (Å²) in [5.74, 6) is -1.55. The van der Waals surface area contributed by atoms with Gasteiger partial charge in [-0.15, -0.1) is 18.3 Å². The van der Waals surface area contributed by atoms with Crippen LogP contribution < -0.4 is 15.4 Å². The molecule has 4 aromatic rings. The number of rotatable bonds is 8. The van der Waals surface area contributed by atoms with Crippen molar-refractivity contribution >= 4 is 23.7 Å². The zero-order valence-corrected chi connectivity index (χ0v) is 22.5. The Balaban J connectivity index is 1.39. The highest BCUT2D eigenvalue weighted by atomic mass is 19.4. The summed E-state index contributed by atoms with van der Waals surface area (Å²) >= 11 is 0. The van der Waals surface area contributed by atoms with E-state index < -0.39 is 23.9 Å². The maximum Gasteiger partial charge on any atom is 0.573 e. The number of nitrogens with one attached hydrogen (secondary N) is 2. The number of alkyl halides is 3. The van der Waals surface area contributed by atoms with E-state index in [2.05, 4.69) is 30.4 Å². The normalized spacial score (nSPS) is 13.9. The third-order valence-electron chi connectivity index (χ3n) is 6.46. The maximum atomic E-state index is 13.1. The molecular weight excluding hydrogens is 553 g/mol. The number of halogens is 3. The van der Waals surface area contributed by atoms with Crippen molar-refractivity contribution in [3.63, 3.8) is 0 Å². The minimum atomic E-state index is -4.85. The Kier molecular flexibility index (Phi) is 8.50. The van der Waals surface area contributed by atoms with Crippen LogP contribution in [0.4, 0.5) is 25.1 Å². The summed E-state index contributed by atoms with van der Waals surface area (Å²) in [4.78, 5) is 32.7. The van der Waals surface area contributed by atoms with E-state index in [1.807, 2.05) is 6.07 Å². The summed E-state index contributed by atoms with van der Waals surface area (Å²) in [5, 5.41) is 9.63. The van der Waals surface area contributed by atoms with Gasteiger partial charge >= 0.3 is 6.36 Å². The molecule has 0 aliphatic carbocycles. The second-order valence-corrected chi connectivity index (χ2v) is 9.52. The van der Waals surface area contributed by atoms with Gasteiger partial charge < -0.3 is 9.47 Å². The van der Waals surface area contributed by atoms with Gasteiger partial charge in [-0.05, 0) is 60.5 Å². The molecule has 1 fully saturated rings. The Bertz CT molecular complexity index is 1570. The number of aryl methyl sites for hydroxylation is 1. The highest BCUT2D eigenvalue weighted by Crippen LogP contribution is 2.25. The van der Waals surface area contributed by atoms with E-state index in [-0.39, 0.29) is 17.6 Å². The monoisotopic (exact) mass is 580 g/mol. The number of aromatic nitrogens is 3. The highest BCUT2D eigenvalue weighted by Gasteiger charge is 2.31. The fourth-order valence-electron chi connectivity index (χ4n) is 4.41. The lowest BCUT2D eigenvalue weighted by Crippen LogP contribution is -2.35. The zero-order valence-electron chi connectivity index (χ0n) is 22.5. The van der Waals surface area contributed by atoms with Crippen molar-refractivity contribution in [2.45, 2.75) is 19.8 Å². The lowest BCUT2D eigenvalue weighted by Gasteiger charge is -2.26. The molecule has 0 radical (unpaired) electrons. The number of hydrogen-bond donors (Lipinski definition) is 2. The first kappa shape index (κ1) is 28.8. The molecule has 0 atom stereocenters. The second-order valence-electron chi connectivity index (χ2n) is 9.52. The Morgan fingerprint density at radius 1 is 0.952 bits per heavy atom. The van der Waals surface area contributed by atoms with Crippen LogP contribution in [0.1, 0.15) is 31.8 Å². The SMILES string of the molecule is Cc1ccccc1C(=O)Nc1nc(NC(=O)c2cccc(CN3CCOCC3)c2)nn1-c1ccc(OC(F)(F)F)cc1. The van der Waals surface area contributed by atoms with Crippen LogP contribution in [0.3, 0.4) is 0 Å². The minimum absolute atomic E-state index is 0.0517. The van der Waals surface area contributed by atoms with Gasteiger partial charge in [-0.1, -0.05) is 30.3 Å². The standard InChI is InChI=1S/C29H27F3N6O4/c1-19-5-2-3-8-24(19)26(40)34-28-35-27(36-38(28)22-9-11-23(12-10-22)42-29(30,31)32)33-25(39)21-7-4-6-20(17-21)18-37-13-15-41-16-14-37/h2-12,17H,13-16,18H2,1H3,(H2,33,34,35,36,39,40). The number of benzene rings is 3. The van der Waals surface area contributed by atoms with Crippen molar-refractivity contribution < 1.29 is 32.2 Å². The zero-order chi connectivity index (χ0) is 29.7. The summed E-state index contributed by atoms with van der Waals surface area (Å²) in [5.41, 5.74) is 2.72. The second kappa shape index (κ2) is 12.4. The molecule has 3 aromatic carbocycles. The van der Waals surface area contributed by atoms with Crippen LogP contribution in [0.2, 0.25) is 0 Å². The topological polar surface area (TPSA) is 111 Å². The van der Waals surface area contributed by atoms with Crippen LogP contribution in [0, 0.1) is 6.92 Å². The van der Waals surface area contributed by atoms with Gasteiger partial charge in [0.2, 0.25) is 5.95 Å². The van der Waals surface area contributed by atoms with Crippen molar-refractivity contribution in [2.75, 3.05) is 36.9 Å². The number of ether oxygens (including phenoxy) is 2. The molecule has 0 unspecified atom stereocenters. The van der Waals surface area contributed by atoms with E-state index >= 15 is 0 Å². The summed E-state index contributed by atoms with van der Waals surface area (Å²) in [6.07, 6.45) is -4.85. The number of amides is 2. The number of carbonyl (C=O) groups excluding carboxylic acids is 2. The average molecular weight is 581 g/mol. The molecule has 2 N–H and O–H groups in total. The summed E-state index contributed by atoms with van der Waals surface area (Å²) in [6.45, 7) is 5.37. The van der Waals surface area contributed by atoms with Crippen LogP contribution >= 0.6 is 0 Å². The molecule has 2 amide bonds. The Hall–Kier alpha value is -4.75. The third kappa shape index (κ3) is 7.30. The predicted molar refractivity (Wildman–Crippen MR) is 148 cm³/mol. The van der Waals surface area contributed by atoms with Crippen LogP contribution in [0.25, 0.3) is 5.69 Å². The molecule has 10 nitrogen and oxygen atoms in total. The Morgan fingerprint density at radius 3 is 2.40 bits per heavy atom. The molecule has 0 bridgehead atoms. The lowest BCUT2D eigenvalue weighted by atomic mass is 10.1. The van der Waals surface area contributed by atoms with Crippen LogP contribution in [-0.2, 0) is 11.3 Å². The fraction of sp³-hybridized carbons (Fsp3) is 0.241. The summed E-state index contributed by atoms with van der Waals surface area (Å²) in [7, 11) is 0. The number of anilines is 2. The molecule has 1 aromatic heterocycles. The van der Waals surface area contributed by atoms with E-state index in [0.29, 0.717) is 30.9 Å². The molecular formula is C29H27F3N6O4. The Morgan fingerprint density at radius 2 is 1.69 bits per heavy atom. The molecule has 0 saturated carbocycles. The first-order chi connectivity index (χ1) is 20.1. The van der Waals surface area contributed by atoms with E-state index in [1.165, 1.54) is 16.8 Å². The number of carbonyl (C=O) groups is 2. The smallest absolute Gasteiger partial charge is 0.406 e. The average Bonchev–Trinajstić information content (AvgIpc) is 3.35. The molecule has 42 heavy (non-hydrogen) atoms. The van der Waals surface area contributed by atoms with Gasteiger partial charge in [0.05, 0.1) is 18.9 Å². The molecule has 2 heterocycles. The molecule has 218 valence electrons. The van der Waals surface area contributed by atoms with Crippen molar-refractivity contribution in [2.24, 2.45) is 0 Å². The van der Waals surface area contributed by atoms with Crippen molar-refractivity contribution in [1.82, 2.24) is 19.7 Å². The molecule has 13 heteroatoms. The van der Waals surface area contributed by atoms with Gasteiger partial charge in [0.25, 0.3) is 17.8 Å².